The monoisotopic (exact) mass is 394 g/mol. The Morgan fingerprint density at radius 1 is 1.14 bits per heavy atom. The maximum Gasteiger partial charge on any atom is 0.259 e. The third-order valence-electron chi connectivity index (χ3n) is 4.56. The van der Waals surface area contributed by atoms with Crippen LogP contribution in [-0.2, 0) is 4.79 Å². The fourth-order valence-corrected chi connectivity index (χ4v) is 2.66. The summed E-state index contributed by atoms with van der Waals surface area (Å²) < 4.78 is 16.8. The second-order valence-electron chi connectivity index (χ2n) is 6.52. The van der Waals surface area contributed by atoms with E-state index in [1.54, 1.807) is 24.3 Å². The lowest BCUT2D eigenvalue weighted by Crippen LogP contribution is -2.12. The summed E-state index contributed by atoms with van der Waals surface area (Å²) in [6, 6.07) is 15.0. The number of ether oxygens (including phenoxy) is 3. The van der Waals surface area contributed by atoms with Gasteiger partial charge in [-0.1, -0.05) is 32.0 Å². The first-order valence-electron chi connectivity index (χ1n) is 9.43. The summed E-state index contributed by atoms with van der Waals surface area (Å²) in [5, 5.41) is 8.94. The van der Waals surface area contributed by atoms with Gasteiger partial charge < -0.3 is 19.9 Å². The molecule has 0 aliphatic rings. The summed E-state index contributed by atoms with van der Waals surface area (Å²) in [7, 11) is 1.52. The Balaban J connectivity index is 1.93. The van der Waals surface area contributed by atoms with E-state index in [0.29, 0.717) is 36.2 Å². The molecule has 6 nitrogen and oxygen atoms in total. The SMILES string of the molecule is CCC(C)c1ccc(OCCOc2ccc(C=C(C#N)C(N)=O)cc2OC)cc1. The lowest BCUT2D eigenvalue weighted by molar-refractivity contribution is -0.114. The van der Waals surface area contributed by atoms with Crippen LogP contribution in [0, 0.1) is 11.3 Å². The zero-order valence-corrected chi connectivity index (χ0v) is 17.0. The number of primary amides is 1. The molecule has 0 bridgehead atoms. The maximum absolute atomic E-state index is 11.2. The smallest absolute Gasteiger partial charge is 0.259 e. The number of benzene rings is 2. The van der Waals surface area contributed by atoms with Crippen molar-refractivity contribution in [1.29, 1.82) is 5.26 Å². The van der Waals surface area contributed by atoms with Crippen LogP contribution in [0.25, 0.3) is 6.08 Å². The van der Waals surface area contributed by atoms with Gasteiger partial charge in [0.25, 0.3) is 5.91 Å². The third-order valence-corrected chi connectivity index (χ3v) is 4.56. The molecule has 0 saturated carbocycles. The van der Waals surface area contributed by atoms with Crippen molar-refractivity contribution in [3.05, 3.63) is 59.2 Å². The van der Waals surface area contributed by atoms with Crippen LogP contribution in [0.15, 0.2) is 48.0 Å². The molecule has 2 aromatic rings. The number of carbonyl (C=O) groups is 1. The van der Waals surface area contributed by atoms with Crippen LogP contribution in [0.5, 0.6) is 17.2 Å². The van der Waals surface area contributed by atoms with Gasteiger partial charge in [-0.3, -0.25) is 4.79 Å². The molecule has 0 aromatic heterocycles. The molecule has 6 heteroatoms. The molecule has 0 spiro atoms. The fraction of sp³-hybridized carbons (Fsp3) is 0.304. The van der Waals surface area contributed by atoms with Gasteiger partial charge in [0.1, 0.15) is 30.6 Å². The van der Waals surface area contributed by atoms with Crippen LogP contribution < -0.4 is 19.9 Å². The van der Waals surface area contributed by atoms with Crippen molar-refractivity contribution in [2.75, 3.05) is 20.3 Å². The first-order chi connectivity index (χ1) is 14.0. The van der Waals surface area contributed by atoms with E-state index in [4.69, 9.17) is 25.2 Å². The first-order valence-corrected chi connectivity index (χ1v) is 9.43. The average molecular weight is 394 g/mol. The Labute approximate surface area is 171 Å². The van der Waals surface area contributed by atoms with E-state index in [0.717, 1.165) is 12.2 Å². The largest absolute Gasteiger partial charge is 0.493 e. The quantitative estimate of drug-likeness (QED) is 0.372. The Bertz CT molecular complexity index is 898. The normalized spacial score (nSPS) is 12.0. The minimum Gasteiger partial charge on any atom is -0.493 e. The number of methoxy groups -OCH3 is 1. The summed E-state index contributed by atoms with van der Waals surface area (Å²) in [5.74, 6) is 1.57. The Morgan fingerprint density at radius 3 is 2.41 bits per heavy atom. The average Bonchev–Trinajstić information content (AvgIpc) is 2.75. The van der Waals surface area contributed by atoms with Crippen LogP contribution in [0.1, 0.15) is 37.3 Å². The Hall–Kier alpha value is -3.46. The number of amides is 1. The van der Waals surface area contributed by atoms with Gasteiger partial charge in [-0.2, -0.15) is 5.26 Å². The van der Waals surface area contributed by atoms with E-state index in [2.05, 4.69) is 26.0 Å². The third kappa shape index (κ3) is 6.28. The molecular formula is C23H26N2O4. The molecule has 0 aliphatic heterocycles. The van der Waals surface area contributed by atoms with Crippen LogP contribution in [0.3, 0.4) is 0 Å². The van der Waals surface area contributed by atoms with Crippen molar-refractivity contribution < 1.29 is 19.0 Å². The van der Waals surface area contributed by atoms with E-state index in [-0.39, 0.29) is 5.57 Å². The van der Waals surface area contributed by atoms with E-state index in [1.807, 2.05) is 12.1 Å². The van der Waals surface area contributed by atoms with Crippen LogP contribution in [0.2, 0.25) is 0 Å². The molecule has 152 valence electrons. The maximum atomic E-state index is 11.2. The number of hydrogen-bond acceptors (Lipinski definition) is 5. The highest BCUT2D eigenvalue weighted by Crippen LogP contribution is 2.29. The van der Waals surface area contributed by atoms with E-state index >= 15 is 0 Å². The summed E-state index contributed by atoms with van der Waals surface area (Å²) >= 11 is 0. The number of hydrogen-bond donors (Lipinski definition) is 1. The van der Waals surface area contributed by atoms with Crippen molar-refractivity contribution >= 4 is 12.0 Å². The van der Waals surface area contributed by atoms with Crippen molar-refractivity contribution in [1.82, 2.24) is 0 Å². The van der Waals surface area contributed by atoms with E-state index in [9.17, 15) is 4.79 Å². The number of nitriles is 1. The summed E-state index contributed by atoms with van der Waals surface area (Å²) in [4.78, 5) is 11.2. The number of rotatable bonds is 10. The lowest BCUT2D eigenvalue weighted by Gasteiger charge is -2.13. The topological polar surface area (TPSA) is 94.6 Å². The van der Waals surface area contributed by atoms with Gasteiger partial charge in [-0.25, -0.2) is 0 Å². The highest BCUT2D eigenvalue weighted by Gasteiger charge is 2.08. The molecule has 0 radical (unpaired) electrons. The number of nitrogens with two attached hydrogens (primary N) is 1. The summed E-state index contributed by atoms with van der Waals surface area (Å²) in [6.07, 6.45) is 2.51. The Kier molecular flexibility index (Phi) is 8.11. The molecule has 0 heterocycles. The van der Waals surface area contributed by atoms with Gasteiger partial charge in [0, 0.05) is 0 Å². The zero-order chi connectivity index (χ0) is 21.2. The number of nitrogens with zero attached hydrogens (tertiary/aromatic N) is 1. The molecule has 0 aliphatic carbocycles. The molecule has 2 rings (SSSR count). The first kappa shape index (κ1) is 21.8. The van der Waals surface area contributed by atoms with Gasteiger partial charge in [0.05, 0.1) is 7.11 Å². The second-order valence-corrected chi connectivity index (χ2v) is 6.52. The van der Waals surface area contributed by atoms with Gasteiger partial charge in [0.2, 0.25) is 0 Å². The predicted molar refractivity (Wildman–Crippen MR) is 112 cm³/mol. The molecule has 2 aromatic carbocycles. The molecule has 0 fully saturated rings. The fourth-order valence-electron chi connectivity index (χ4n) is 2.66. The highest BCUT2D eigenvalue weighted by molar-refractivity contribution is 6.00. The van der Waals surface area contributed by atoms with Gasteiger partial charge in [-0.05, 0) is 53.8 Å². The summed E-state index contributed by atoms with van der Waals surface area (Å²) in [6.45, 7) is 5.09. The second kappa shape index (κ2) is 10.8. The Morgan fingerprint density at radius 2 is 1.83 bits per heavy atom. The minimum absolute atomic E-state index is 0.131. The van der Waals surface area contributed by atoms with E-state index < -0.39 is 5.91 Å². The molecule has 1 unspecified atom stereocenters. The standard InChI is InChI=1S/C23H26N2O4/c1-4-16(2)18-6-8-20(9-7-18)28-11-12-29-21-10-5-17(14-22(21)27-3)13-19(15-24)23(25)26/h5-10,13-14,16H,4,11-12H2,1-3H3,(H2,25,26). The van der Waals surface area contributed by atoms with Gasteiger partial charge >= 0.3 is 0 Å². The highest BCUT2D eigenvalue weighted by atomic mass is 16.5. The molecular weight excluding hydrogens is 368 g/mol. The van der Waals surface area contributed by atoms with Crippen LogP contribution >= 0.6 is 0 Å². The van der Waals surface area contributed by atoms with Gasteiger partial charge in [0.15, 0.2) is 11.5 Å². The van der Waals surface area contributed by atoms with Crippen LogP contribution in [-0.4, -0.2) is 26.2 Å². The zero-order valence-electron chi connectivity index (χ0n) is 17.0. The van der Waals surface area contributed by atoms with Crippen molar-refractivity contribution in [3.63, 3.8) is 0 Å². The van der Waals surface area contributed by atoms with E-state index in [1.165, 1.54) is 18.7 Å². The minimum atomic E-state index is -0.777. The summed E-state index contributed by atoms with van der Waals surface area (Å²) in [5.41, 5.74) is 6.93. The molecule has 2 N–H and O–H groups in total. The molecule has 1 amide bonds. The van der Waals surface area contributed by atoms with Gasteiger partial charge in [-0.15, -0.1) is 0 Å². The predicted octanol–water partition coefficient (Wildman–Crippen LogP) is 4.06. The van der Waals surface area contributed by atoms with Crippen molar-refractivity contribution in [2.24, 2.45) is 5.73 Å². The van der Waals surface area contributed by atoms with Crippen LogP contribution in [0.4, 0.5) is 0 Å². The molecule has 0 saturated heterocycles. The number of carbonyl (C=O) groups excluding carboxylic acids is 1. The molecule has 29 heavy (non-hydrogen) atoms. The van der Waals surface area contributed by atoms with Crippen molar-refractivity contribution in [3.8, 4) is 23.3 Å². The molecule has 1 atom stereocenters. The lowest BCUT2D eigenvalue weighted by atomic mass is 9.99. The van der Waals surface area contributed by atoms with Crippen molar-refractivity contribution in [2.45, 2.75) is 26.2 Å².